The molecule has 0 aliphatic heterocycles. The van der Waals surface area contributed by atoms with Crippen LogP contribution in [0.5, 0.6) is 0 Å². The van der Waals surface area contributed by atoms with Gasteiger partial charge in [-0.1, -0.05) is 6.92 Å². The molecule has 0 radical (unpaired) electrons. The third kappa shape index (κ3) is 5.96. The monoisotopic (exact) mass is 451 g/mol. The smallest absolute Gasteiger partial charge is 0.256 e. The molecule has 0 atom stereocenters. The minimum absolute atomic E-state index is 0.266. The van der Waals surface area contributed by atoms with Gasteiger partial charge in [-0.25, -0.2) is 4.98 Å². The standard InChI is InChI=1S/C26H25N7O/c1-4-12-29-25(34)22-16-30-26(31-21-9-7-19(15-28)8-10-21)33-24(22)32-23-17(2)13-20(6-5-11-27)14-18(23)3/h5-10,13-14,16H,4,12H2,1-3H3,(H,29,34)(H2,30,31,32,33)/b6-5+. The van der Waals surface area contributed by atoms with Gasteiger partial charge in [0.15, 0.2) is 0 Å². The molecule has 1 heterocycles. The highest BCUT2D eigenvalue weighted by Crippen LogP contribution is 2.28. The maximum atomic E-state index is 12.8. The third-order valence-corrected chi connectivity index (χ3v) is 4.99. The Bertz CT molecular complexity index is 1280. The number of hydrogen-bond donors (Lipinski definition) is 3. The number of hydrogen-bond acceptors (Lipinski definition) is 7. The zero-order valence-corrected chi connectivity index (χ0v) is 19.3. The Kier molecular flexibility index (Phi) is 7.93. The fraction of sp³-hybridized carbons (Fsp3) is 0.192. The second kappa shape index (κ2) is 11.3. The van der Waals surface area contributed by atoms with Crippen molar-refractivity contribution in [3.63, 3.8) is 0 Å². The molecule has 0 aliphatic rings. The van der Waals surface area contributed by atoms with Crippen LogP contribution in [0.4, 0.5) is 23.1 Å². The van der Waals surface area contributed by atoms with Gasteiger partial charge >= 0.3 is 0 Å². The van der Waals surface area contributed by atoms with Crippen molar-refractivity contribution in [2.45, 2.75) is 27.2 Å². The second-order valence-electron chi connectivity index (χ2n) is 7.64. The lowest BCUT2D eigenvalue weighted by Crippen LogP contribution is -2.25. The van der Waals surface area contributed by atoms with Crippen molar-refractivity contribution in [3.8, 4) is 12.1 Å². The Labute approximate surface area is 199 Å². The molecular weight excluding hydrogens is 426 g/mol. The number of rotatable bonds is 8. The minimum atomic E-state index is -0.266. The van der Waals surface area contributed by atoms with E-state index in [1.54, 1.807) is 30.3 Å². The van der Waals surface area contributed by atoms with Gasteiger partial charge in [-0.2, -0.15) is 15.5 Å². The number of carbonyl (C=O) groups is 1. The van der Waals surface area contributed by atoms with E-state index >= 15 is 0 Å². The molecule has 2 aromatic carbocycles. The van der Waals surface area contributed by atoms with Crippen molar-refractivity contribution in [1.82, 2.24) is 15.3 Å². The number of aromatic nitrogens is 2. The number of nitrogens with zero attached hydrogens (tertiary/aromatic N) is 4. The summed E-state index contributed by atoms with van der Waals surface area (Å²) >= 11 is 0. The van der Waals surface area contributed by atoms with Crippen molar-refractivity contribution in [1.29, 1.82) is 10.5 Å². The van der Waals surface area contributed by atoms with E-state index in [1.165, 1.54) is 12.3 Å². The summed E-state index contributed by atoms with van der Waals surface area (Å²) in [7, 11) is 0. The summed E-state index contributed by atoms with van der Waals surface area (Å²) in [6.07, 6.45) is 5.48. The molecule has 1 amide bonds. The van der Waals surface area contributed by atoms with Crippen molar-refractivity contribution >= 4 is 35.1 Å². The van der Waals surface area contributed by atoms with Crippen LogP contribution in [-0.4, -0.2) is 22.4 Å². The van der Waals surface area contributed by atoms with E-state index in [0.29, 0.717) is 35.1 Å². The van der Waals surface area contributed by atoms with Gasteiger partial charge in [0.25, 0.3) is 5.91 Å². The van der Waals surface area contributed by atoms with E-state index in [4.69, 9.17) is 10.5 Å². The summed E-state index contributed by atoms with van der Waals surface area (Å²) in [6, 6.07) is 14.9. The van der Waals surface area contributed by atoms with Crippen molar-refractivity contribution in [2.24, 2.45) is 0 Å². The molecule has 3 rings (SSSR count). The quantitative estimate of drug-likeness (QED) is 0.405. The van der Waals surface area contributed by atoms with Crippen molar-refractivity contribution in [3.05, 3.63) is 76.5 Å². The van der Waals surface area contributed by atoms with Crippen LogP contribution in [0.2, 0.25) is 0 Å². The summed E-state index contributed by atoms with van der Waals surface area (Å²) in [5.74, 6) is 0.410. The lowest BCUT2D eigenvalue weighted by atomic mass is 10.0. The van der Waals surface area contributed by atoms with E-state index in [9.17, 15) is 4.79 Å². The first kappa shape index (κ1) is 24.0. The molecule has 3 N–H and O–H groups in total. The van der Waals surface area contributed by atoms with Gasteiger partial charge in [-0.05, 0) is 79.4 Å². The van der Waals surface area contributed by atoms with Crippen LogP contribution < -0.4 is 16.0 Å². The molecule has 0 spiro atoms. The maximum absolute atomic E-state index is 12.8. The molecule has 0 aliphatic carbocycles. The number of nitrogens with one attached hydrogen (secondary N) is 3. The lowest BCUT2D eigenvalue weighted by molar-refractivity contribution is 0.0954. The van der Waals surface area contributed by atoms with Crippen LogP contribution in [0.15, 0.2) is 48.7 Å². The SMILES string of the molecule is CCCNC(=O)c1cnc(Nc2ccc(C#N)cc2)nc1Nc1c(C)cc(/C=C/C#N)cc1C. The lowest BCUT2D eigenvalue weighted by Gasteiger charge is -2.17. The van der Waals surface area contributed by atoms with E-state index in [2.05, 4.69) is 32.0 Å². The molecule has 8 heteroatoms. The van der Waals surface area contributed by atoms with Crippen LogP contribution in [-0.2, 0) is 0 Å². The molecule has 0 saturated heterocycles. The van der Waals surface area contributed by atoms with Crippen LogP contribution in [0.1, 0.15) is 46.0 Å². The molecule has 0 bridgehead atoms. The number of nitriles is 2. The van der Waals surface area contributed by atoms with Crippen LogP contribution in [0.3, 0.4) is 0 Å². The fourth-order valence-electron chi connectivity index (χ4n) is 3.34. The van der Waals surface area contributed by atoms with Gasteiger partial charge in [-0.15, -0.1) is 0 Å². The summed E-state index contributed by atoms with van der Waals surface area (Å²) in [4.78, 5) is 21.7. The van der Waals surface area contributed by atoms with Gasteiger partial charge in [-0.3, -0.25) is 4.79 Å². The van der Waals surface area contributed by atoms with E-state index < -0.39 is 0 Å². The Morgan fingerprint density at radius 1 is 1.09 bits per heavy atom. The van der Waals surface area contributed by atoms with Gasteiger partial charge in [0.1, 0.15) is 11.4 Å². The average Bonchev–Trinajstić information content (AvgIpc) is 2.84. The fourth-order valence-corrected chi connectivity index (χ4v) is 3.34. The number of benzene rings is 2. The predicted octanol–water partition coefficient (Wildman–Crippen LogP) is 5.13. The van der Waals surface area contributed by atoms with Gasteiger partial charge in [0.2, 0.25) is 5.95 Å². The molecule has 170 valence electrons. The topological polar surface area (TPSA) is 127 Å². The zero-order valence-electron chi connectivity index (χ0n) is 19.3. The van der Waals surface area contributed by atoms with Crippen LogP contribution in [0.25, 0.3) is 6.08 Å². The van der Waals surface area contributed by atoms with Gasteiger partial charge in [0, 0.05) is 30.2 Å². The highest BCUT2D eigenvalue weighted by atomic mass is 16.1. The first-order chi connectivity index (χ1) is 16.4. The molecule has 0 unspecified atom stereocenters. The van der Waals surface area contributed by atoms with E-state index in [-0.39, 0.29) is 5.91 Å². The Balaban J connectivity index is 1.97. The van der Waals surface area contributed by atoms with Gasteiger partial charge < -0.3 is 16.0 Å². The Morgan fingerprint density at radius 3 is 2.41 bits per heavy atom. The molecule has 3 aromatic rings. The van der Waals surface area contributed by atoms with Crippen molar-refractivity contribution < 1.29 is 4.79 Å². The normalized spacial score (nSPS) is 10.4. The molecule has 0 saturated carbocycles. The van der Waals surface area contributed by atoms with E-state index in [1.807, 2.05) is 39.0 Å². The Morgan fingerprint density at radius 2 is 1.79 bits per heavy atom. The number of allylic oxidation sites excluding steroid dienone is 1. The molecule has 1 aromatic heterocycles. The average molecular weight is 452 g/mol. The third-order valence-electron chi connectivity index (χ3n) is 4.99. The number of carbonyl (C=O) groups excluding carboxylic acids is 1. The molecule has 34 heavy (non-hydrogen) atoms. The largest absolute Gasteiger partial charge is 0.352 e. The Hall–Kier alpha value is -4.69. The first-order valence-electron chi connectivity index (χ1n) is 10.8. The number of anilines is 4. The highest BCUT2D eigenvalue weighted by molar-refractivity contribution is 5.99. The molecular formula is C26H25N7O. The van der Waals surface area contributed by atoms with Crippen molar-refractivity contribution in [2.75, 3.05) is 17.2 Å². The first-order valence-corrected chi connectivity index (χ1v) is 10.8. The molecule has 0 fully saturated rings. The van der Waals surface area contributed by atoms with Gasteiger partial charge in [0.05, 0.1) is 17.7 Å². The minimum Gasteiger partial charge on any atom is -0.352 e. The van der Waals surface area contributed by atoms with Crippen LogP contribution in [0, 0.1) is 36.5 Å². The highest BCUT2D eigenvalue weighted by Gasteiger charge is 2.17. The predicted molar refractivity (Wildman–Crippen MR) is 133 cm³/mol. The summed E-state index contributed by atoms with van der Waals surface area (Å²) in [5.41, 5.74) is 5.21. The van der Waals surface area contributed by atoms with E-state index in [0.717, 1.165) is 28.8 Å². The zero-order chi connectivity index (χ0) is 24.5. The number of aryl methyl sites for hydroxylation is 2. The molecule has 8 nitrogen and oxygen atoms in total. The summed E-state index contributed by atoms with van der Waals surface area (Å²) in [5, 5.41) is 27.1. The summed E-state index contributed by atoms with van der Waals surface area (Å²) < 4.78 is 0. The summed E-state index contributed by atoms with van der Waals surface area (Å²) in [6.45, 7) is 6.43. The maximum Gasteiger partial charge on any atom is 0.256 e. The second-order valence-corrected chi connectivity index (χ2v) is 7.64. The number of amides is 1. The van der Waals surface area contributed by atoms with Crippen LogP contribution >= 0.6 is 0 Å².